The van der Waals surface area contributed by atoms with Gasteiger partial charge in [0.05, 0.1) is 5.75 Å². The molecule has 0 rings (SSSR count). The van der Waals surface area contributed by atoms with Crippen molar-refractivity contribution in [2.75, 3.05) is 5.75 Å². The minimum absolute atomic E-state index is 0.380. The Morgan fingerprint density at radius 3 is 2.36 bits per heavy atom. The zero-order valence-corrected chi connectivity index (χ0v) is 8.36. The van der Waals surface area contributed by atoms with Gasteiger partial charge in [0.1, 0.15) is 0 Å². The van der Waals surface area contributed by atoms with Crippen LogP contribution >= 0.6 is 0 Å². The van der Waals surface area contributed by atoms with Gasteiger partial charge >= 0.3 is 0 Å². The third-order valence-electron chi connectivity index (χ3n) is 1.13. The average molecular weight is 224 g/mol. The summed E-state index contributed by atoms with van der Waals surface area (Å²) in [6.07, 6.45) is -3.81. The van der Waals surface area contributed by atoms with Crippen molar-refractivity contribution in [3.05, 3.63) is 0 Å². The molecule has 1 unspecified atom stereocenters. The van der Waals surface area contributed by atoms with E-state index in [0.717, 1.165) is 0 Å². The summed E-state index contributed by atoms with van der Waals surface area (Å²) in [4.78, 5) is 0. The van der Waals surface area contributed by atoms with Crippen molar-refractivity contribution < 1.29 is 27.9 Å². The molecule has 0 radical (unpaired) electrons. The minimum Gasteiger partial charge on any atom is -0.368 e. The second-order valence-electron chi connectivity index (χ2n) is 2.37. The molecule has 0 amide bonds. The van der Waals surface area contributed by atoms with Gasteiger partial charge in [0.15, 0.2) is 6.29 Å². The van der Waals surface area contributed by atoms with E-state index < -0.39 is 28.5 Å². The summed E-state index contributed by atoms with van der Waals surface area (Å²) >= 11 is 0. The number of rotatable bonds is 5. The average Bonchev–Trinajstić information content (AvgIpc) is 2.00. The third-order valence-corrected chi connectivity index (χ3v) is 2.34. The molecule has 0 saturated heterocycles. The number of hydrogen-bond donors (Lipinski definition) is 3. The van der Waals surface area contributed by atoms with E-state index >= 15 is 0 Å². The smallest absolute Gasteiger partial charge is 0.270 e. The first kappa shape index (κ1) is 13.4. The SMILES string of the molecule is CC#CC(O)OS(=O)(=O)CCC(O)O. The summed E-state index contributed by atoms with van der Waals surface area (Å²) in [5, 5.41) is 25.6. The van der Waals surface area contributed by atoms with Gasteiger partial charge in [0, 0.05) is 6.42 Å². The molecule has 3 N–H and O–H groups in total. The van der Waals surface area contributed by atoms with E-state index in [1.165, 1.54) is 6.92 Å². The lowest BCUT2D eigenvalue weighted by atomic mass is 10.5. The molecule has 1 atom stereocenters. The lowest BCUT2D eigenvalue weighted by Gasteiger charge is -2.07. The second kappa shape index (κ2) is 5.95. The van der Waals surface area contributed by atoms with Crippen LogP contribution in [0.1, 0.15) is 13.3 Å². The molecule has 0 aliphatic rings. The summed E-state index contributed by atoms with van der Waals surface area (Å²) in [6, 6.07) is 0. The van der Waals surface area contributed by atoms with Gasteiger partial charge in [-0.1, -0.05) is 0 Å². The molecule has 0 aliphatic carbocycles. The maximum atomic E-state index is 10.9. The van der Waals surface area contributed by atoms with Gasteiger partial charge in [-0.15, -0.1) is 5.92 Å². The van der Waals surface area contributed by atoms with Crippen molar-refractivity contribution in [3.8, 4) is 11.8 Å². The van der Waals surface area contributed by atoms with Crippen LogP contribution in [0.3, 0.4) is 0 Å². The zero-order chi connectivity index (χ0) is 11.2. The maximum Gasteiger partial charge on any atom is 0.270 e. The molecular formula is C7H12O6S. The standard InChI is InChI=1S/C7H12O6S/c1-2-3-7(10)13-14(11,12)5-4-6(8)9/h6-10H,4-5H2,1H3. The van der Waals surface area contributed by atoms with Gasteiger partial charge in [-0.2, -0.15) is 8.42 Å². The highest BCUT2D eigenvalue weighted by molar-refractivity contribution is 7.86. The highest BCUT2D eigenvalue weighted by Gasteiger charge is 2.17. The molecule has 0 heterocycles. The van der Waals surface area contributed by atoms with E-state index in [0.29, 0.717) is 0 Å². The lowest BCUT2D eigenvalue weighted by Crippen LogP contribution is -2.21. The maximum absolute atomic E-state index is 10.9. The summed E-state index contributed by atoms with van der Waals surface area (Å²) in [6.45, 7) is 1.41. The van der Waals surface area contributed by atoms with Crippen molar-refractivity contribution in [2.24, 2.45) is 0 Å². The minimum atomic E-state index is -3.97. The molecule has 0 aromatic rings. The Hall–Kier alpha value is -0.650. The van der Waals surface area contributed by atoms with E-state index in [9.17, 15) is 8.42 Å². The highest BCUT2D eigenvalue weighted by atomic mass is 32.2. The summed E-state index contributed by atoms with van der Waals surface area (Å²) in [5.41, 5.74) is 0. The molecule has 6 nitrogen and oxygen atoms in total. The van der Waals surface area contributed by atoms with E-state index in [1.807, 2.05) is 0 Å². The van der Waals surface area contributed by atoms with E-state index in [-0.39, 0.29) is 6.42 Å². The molecule has 0 spiro atoms. The first-order valence-electron chi connectivity index (χ1n) is 3.75. The van der Waals surface area contributed by atoms with E-state index in [1.54, 1.807) is 0 Å². The molecule has 7 heteroatoms. The van der Waals surface area contributed by atoms with Crippen LogP contribution in [0, 0.1) is 11.8 Å². The monoisotopic (exact) mass is 224 g/mol. The highest BCUT2D eigenvalue weighted by Crippen LogP contribution is 2.01. The van der Waals surface area contributed by atoms with Crippen LogP contribution in [0.25, 0.3) is 0 Å². The lowest BCUT2D eigenvalue weighted by molar-refractivity contribution is -0.0417. The van der Waals surface area contributed by atoms with Gasteiger partial charge < -0.3 is 15.3 Å². The predicted molar refractivity (Wildman–Crippen MR) is 47.2 cm³/mol. The van der Waals surface area contributed by atoms with Gasteiger partial charge in [0.2, 0.25) is 6.29 Å². The topological polar surface area (TPSA) is 104 Å². The van der Waals surface area contributed by atoms with Crippen LogP contribution in [-0.2, 0) is 14.3 Å². The fraction of sp³-hybridized carbons (Fsp3) is 0.714. The van der Waals surface area contributed by atoms with Crippen molar-refractivity contribution in [1.82, 2.24) is 0 Å². The molecule has 0 aromatic carbocycles. The Kier molecular flexibility index (Phi) is 5.68. The Bertz CT molecular complexity index is 309. The molecule has 0 saturated carbocycles. The summed E-state index contributed by atoms with van der Waals surface area (Å²) in [5.74, 6) is 3.74. The Labute approximate surface area is 82.3 Å². The normalized spacial score (nSPS) is 13.5. The first-order chi connectivity index (χ1) is 6.37. The van der Waals surface area contributed by atoms with Crippen LogP contribution in [0.2, 0.25) is 0 Å². The van der Waals surface area contributed by atoms with Gasteiger partial charge in [-0.05, 0) is 12.8 Å². The molecule has 0 bridgehead atoms. The van der Waals surface area contributed by atoms with Crippen molar-refractivity contribution in [3.63, 3.8) is 0 Å². The van der Waals surface area contributed by atoms with Crippen LogP contribution in [0.4, 0.5) is 0 Å². The van der Waals surface area contributed by atoms with Gasteiger partial charge in [-0.3, -0.25) is 0 Å². The fourth-order valence-corrected chi connectivity index (χ4v) is 1.51. The fourth-order valence-electron chi connectivity index (χ4n) is 0.584. The molecule has 82 valence electrons. The first-order valence-corrected chi connectivity index (χ1v) is 5.32. The quantitative estimate of drug-likeness (QED) is 0.294. The Balaban J connectivity index is 4.12. The third kappa shape index (κ3) is 6.82. The predicted octanol–water partition coefficient (Wildman–Crippen LogP) is -1.62. The second-order valence-corrected chi connectivity index (χ2v) is 4.09. The number of aliphatic hydroxyl groups is 3. The molecule has 14 heavy (non-hydrogen) atoms. The molecule has 0 fully saturated rings. The Morgan fingerprint density at radius 2 is 1.93 bits per heavy atom. The van der Waals surface area contributed by atoms with Crippen LogP contribution in [-0.4, -0.2) is 42.1 Å². The largest absolute Gasteiger partial charge is 0.368 e. The molecule has 0 aliphatic heterocycles. The van der Waals surface area contributed by atoms with Crippen molar-refractivity contribution in [1.29, 1.82) is 0 Å². The van der Waals surface area contributed by atoms with Crippen molar-refractivity contribution >= 4 is 10.1 Å². The molecule has 0 aromatic heterocycles. The van der Waals surface area contributed by atoms with Crippen LogP contribution in [0.5, 0.6) is 0 Å². The van der Waals surface area contributed by atoms with Crippen LogP contribution in [0.15, 0.2) is 0 Å². The summed E-state index contributed by atoms with van der Waals surface area (Å²) in [7, 11) is -3.97. The van der Waals surface area contributed by atoms with Gasteiger partial charge in [-0.25, -0.2) is 4.18 Å². The van der Waals surface area contributed by atoms with Crippen LogP contribution < -0.4 is 0 Å². The number of aliphatic hydroxyl groups excluding tert-OH is 2. The van der Waals surface area contributed by atoms with E-state index in [4.69, 9.17) is 15.3 Å². The Morgan fingerprint density at radius 1 is 1.36 bits per heavy atom. The van der Waals surface area contributed by atoms with E-state index in [2.05, 4.69) is 16.0 Å². The number of hydrogen-bond acceptors (Lipinski definition) is 6. The zero-order valence-electron chi connectivity index (χ0n) is 7.54. The molecular weight excluding hydrogens is 212 g/mol. The van der Waals surface area contributed by atoms with Gasteiger partial charge in [0.25, 0.3) is 10.1 Å². The summed E-state index contributed by atoms with van der Waals surface area (Å²) < 4.78 is 26.1. The van der Waals surface area contributed by atoms with Crippen molar-refractivity contribution in [2.45, 2.75) is 25.9 Å².